The first-order valence-electron chi connectivity index (χ1n) is 10.2. The van der Waals surface area contributed by atoms with E-state index < -0.39 is 5.91 Å². The smallest absolute Gasteiger partial charge is 0.259 e. The number of phenols is 1. The molecule has 4 nitrogen and oxygen atoms in total. The van der Waals surface area contributed by atoms with Gasteiger partial charge in [0, 0.05) is 5.56 Å². The third-order valence-corrected chi connectivity index (χ3v) is 4.81. The van der Waals surface area contributed by atoms with Gasteiger partial charge in [-0.05, 0) is 53.8 Å². The fourth-order valence-electron chi connectivity index (χ4n) is 3.16. The normalized spacial score (nSPS) is 11.1. The summed E-state index contributed by atoms with van der Waals surface area (Å²) in [7, 11) is 0. The Bertz CT molecular complexity index is 1110. The molecule has 0 unspecified atom stereocenters. The lowest BCUT2D eigenvalue weighted by Crippen LogP contribution is -2.13. The fourth-order valence-corrected chi connectivity index (χ4v) is 3.16. The van der Waals surface area contributed by atoms with E-state index in [0.29, 0.717) is 24.0 Å². The van der Waals surface area contributed by atoms with Crippen molar-refractivity contribution in [3.05, 3.63) is 108 Å². The lowest BCUT2D eigenvalue weighted by molar-refractivity contribution is 0.102. The quantitative estimate of drug-likeness (QED) is 0.343. The molecule has 0 saturated heterocycles. The van der Waals surface area contributed by atoms with Crippen molar-refractivity contribution in [2.24, 2.45) is 0 Å². The summed E-state index contributed by atoms with van der Waals surface area (Å²) in [5.41, 5.74) is 3.67. The molecule has 0 spiro atoms. The van der Waals surface area contributed by atoms with E-state index in [1.807, 2.05) is 54.6 Å². The first-order valence-corrected chi connectivity index (χ1v) is 10.2. The number of aromatic hydroxyl groups is 1. The second-order valence-corrected chi connectivity index (χ2v) is 7.06. The van der Waals surface area contributed by atoms with Crippen molar-refractivity contribution in [3.63, 3.8) is 0 Å². The molecule has 3 aromatic carbocycles. The number of hydrogen-bond donors (Lipinski definition) is 2. The minimum atomic E-state index is -0.473. The molecule has 156 valence electrons. The predicted octanol–water partition coefficient (Wildman–Crippen LogP) is 6.19. The summed E-state index contributed by atoms with van der Waals surface area (Å²) in [5, 5.41) is 13.2. The maximum absolute atomic E-state index is 12.8. The van der Waals surface area contributed by atoms with Gasteiger partial charge in [-0.1, -0.05) is 73.7 Å². The zero-order valence-electron chi connectivity index (χ0n) is 17.4. The monoisotopic (exact) mass is 411 g/mol. The molecule has 0 aliphatic heterocycles. The van der Waals surface area contributed by atoms with Gasteiger partial charge in [-0.15, -0.1) is 0 Å². The van der Waals surface area contributed by atoms with Gasteiger partial charge >= 0.3 is 0 Å². The van der Waals surface area contributed by atoms with Crippen molar-refractivity contribution >= 4 is 17.9 Å². The van der Waals surface area contributed by atoms with E-state index in [1.54, 1.807) is 30.3 Å². The van der Waals surface area contributed by atoms with E-state index >= 15 is 0 Å². The Hall–Kier alpha value is -3.92. The Morgan fingerprint density at radius 1 is 0.935 bits per heavy atom. The minimum absolute atomic E-state index is 0.117. The van der Waals surface area contributed by atoms with Crippen LogP contribution < -0.4 is 5.32 Å². The second kappa shape index (κ2) is 10.7. The van der Waals surface area contributed by atoms with E-state index in [1.165, 1.54) is 0 Å². The summed E-state index contributed by atoms with van der Waals surface area (Å²) in [6, 6.07) is 19.9. The van der Waals surface area contributed by atoms with Crippen molar-refractivity contribution in [2.75, 3.05) is 5.32 Å². The van der Waals surface area contributed by atoms with Crippen LogP contribution in [-0.2, 0) is 6.42 Å². The highest BCUT2D eigenvalue weighted by Gasteiger charge is 2.14. The second-order valence-electron chi connectivity index (χ2n) is 7.06. The van der Waals surface area contributed by atoms with Crippen LogP contribution in [0.4, 0.5) is 5.69 Å². The summed E-state index contributed by atoms with van der Waals surface area (Å²) in [6.07, 6.45) is 10.4. The largest absolute Gasteiger partial charge is 0.507 e. The van der Waals surface area contributed by atoms with Crippen molar-refractivity contribution in [1.29, 1.82) is 0 Å². The van der Waals surface area contributed by atoms with Gasteiger partial charge in [-0.3, -0.25) is 9.59 Å². The maximum atomic E-state index is 12.8. The number of phenolic OH excluding ortho intramolecular Hbond substituents is 1. The van der Waals surface area contributed by atoms with Crippen molar-refractivity contribution in [2.45, 2.75) is 19.8 Å². The SMILES string of the molecule is CC/C=C\C=C/Cc1ccc(C=O)c(NC(=O)c2ccc(-c3ccccc3)cc2O)c1. The van der Waals surface area contributed by atoms with Gasteiger partial charge in [0.15, 0.2) is 6.29 Å². The molecule has 4 heteroatoms. The van der Waals surface area contributed by atoms with Gasteiger partial charge in [0.05, 0.1) is 11.3 Å². The van der Waals surface area contributed by atoms with E-state index in [2.05, 4.69) is 18.3 Å². The molecule has 31 heavy (non-hydrogen) atoms. The molecule has 0 aromatic heterocycles. The van der Waals surface area contributed by atoms with Crippen molar-refractivity contribution in [1.82, 2.24) is 0 Å². The van der Waals surface area contributed by atoms with E-state index in [-0.39, 0.29) is 11.3 Å². The first kappa shape index (κ1) is 21.8. The summed E-state index contributed by atoms with van der Waals surface area (Å²) in [6.45, 7) is 2.07. The number of allylic oxidation sites excluding steroid dienone is 4. The first-order chi connectivity index (χ1) is 15.1. The maximum Gasteiger partial charge on any atom is 0.259 e. The van der Waals surface area contributed by atoms with Crippen LogP contribution in [-0.4, -0.2) is 17.3 Å². The van der Waals surface area contributed by atoms with Crippen LogP contribution in [0.3, 0.4) is 0 Å². The van der Waals surface area contributed by atoms with Crippen LogP contribution in [0.2, 0.25) is 0 Å². The number of amides is 1. The highest BCUT2D eigenvalue weighted by molar-refractivity contribution is 6.08. The molecular formula is C27H25NO3. The van der Waals surface area contributed by atoms with Crippen LogP contribution in [0, 0.1) is 0 Å². The standard InChI is InChI=1S/C27H25NO3/c1-2-3-4-5-7-10-20-13-14-23(19-29)25(17-20)28-27(31)24-16-15-22(18-26(24)30)21-11-8-6-9-12-21/h3-9,11-19,30H,2,10H2,1H3,(H,28,31)/b4-3-,7-5-. The van der Waals surface area contributed by atoms with Crippen LogP contribution >= 0.6 is 0 Å². The highest BCUT2D eigenvalue weighted by atomic mass is 16.3. The van der Waals surface area contributed by atoms with Crippen LogP contribution in [0.1, 0.15) is 39.6 Å². The number of anilines is 1. The third kappa shape index (κ3) is 5.80. The zero-order valence-corrected chi connectivity index (χ0v) is 17.4. The highest BCUT2D eigenvalue weighted by Crippen LogP contribution is 2.27. The van der Waals surface area contributed by atoms with Gasteiger partial charge < -0.3 is 10.4 Å². The molecule has 3 rings (SSSR count). The molecule has 0 atom stereocenters. The van der Waals surface area contributed by atoms with Crippen molar-refractivity contribution in [3.8, 4) is 16.9 Å². The molecule has 2 N–H and O–H groups in total. The number of nitrogens with one attached hydrogen (secondary N) is 1. The minimum Gasteiger partial charge on any atom is -0.507 e. The molecule has 0 bridgehead atoms. The van der Waals surface area contributed by atoms with E-state index in [4.69, 9.17) is 0 Å². The van der Waals surface area contributed by atoms with Gasteiger partial charge in [0.25, 0.3) is 5.91 Å². The van der Waals surface area contributed by atoms with Gasteiger partial charge in [0.1, 0.15) is 5.75 Å². The summed E-state index contributed by atoms with van der Waals surface area (Å²) >= 11 is 0. The molecule has 0 heterocycles. The number of benzene rings is 3. The molecule has 0 aliphatic carbocycles. The van der Waals surface area contributed by atoms with Crippen LogP contribution in [0.15, 0.2) is 91.0 Å². The summed E-state index contributed by atoms with van der Waals surface area (Å²) in [5.74, 6) is -0.591. The topological polar surface area (TPSA) is 66.4 Å². The Morgan fingerprint density at radius 3 is 2.42 bits per heavy atom. The average molecular weight is 412 g/mol. The average Bonchev–Trinajstić information content (AvgIpc) is 2.79. The lowest BCUT2D eigenvalue weighted by Gasteiger charge is -2.11. The Labute approximate surface area is 182 Å². The van der Waals surface area contributed by atoms with Crippen molar-refractivity contribution < 1.29 is 14.7 Å². The number of hydrogen-bond acceptors (Lipinski definition) is 3. The number of carbonyl (C=O) groups is 2. The number of rotatable bonds is 8. The lowest BCUT2D eigenvalue weighted by atomic mass is 10.0. The number of carbonyl (C=O) groups excluding carboxylic acids is 2. The predicted molar refractivity (Wildman–Crippen MR) is 126 cm³/mol. The molecule has 0 aliphatic rings. The van der Waals surface area contributed by atoms with Gasteiger partial charge in [-0.2, -0.15) is 0 Å². The number of aldehydes is 1. The molecule has 0 saturated carbocycles. The van der Waals surface area contributed by atoms with Crippen LogP contribution in [0.5, 0.6) is 5.75 Å². The fraction of sp³-hybridized carbons (Fsp3) is 0.111. The Balaban J connectivity index is 1.79. The van der Waals surface area contributed by atoms with Crippen LogP contribution in [0.25, 0.3) is 11.1 Å². The molecule has 3 aromatic rings. The van der Waals surface area contributed by atoms with Gasteiger partial charge in [0.2, 0.25) is 0 Å². The summed E-state index contributed by atoms with van der Waals surface area (Å²) < 4.78 is 0. The zero-order chi connectivity index (χ0) is 22.1. The third-order valence-electron chi connectivity index (χ3n) is 4.81. The Morgan fingerprint density at radius 2 is 1.71 bits per heavy atom. The summed E-state index contributed by atoms with van der Waals surface area (Å²) in [4.78, 5) is 24.2. The molecule has 0 fully saturated rings. The van der Waals surface area contributed by atoms with Gasteiger partial charge in [-0.25, -0.2) is 0 Å². The molecule has 0 radical (unpaired) electrons. The Kier molecular flexibility index (Phi) is 7.55. The molecular weight excluding hydrogens is 386 g/mol. The molecule has 1 amide bonds. The van der Waals surface area contributed by atoms with E-state index in [0.717, 1.165) is 23.1 Å². The van der Waals surface area contributed by atoms with E-state index in [9.17, 15) is 14.7 Å².